The van der Waals surface area contributed by atoms with E-state index in [1.54, 1.807) is 6.92 Å². The Morgan fingerprint density at radius 1 is 1.50 bits per heavy atom. The highest BCUT2D eigenvalue weighted by Crippen LogP contribution is 2.52. The van der Waals surface area contributed by atoms with Crippen molar-refractivity contribution in [2.75, 3.05) is 6.61 Å². The van der Waals surface area contributed by atoms with E-state index in [0.29, 0.717) is 10.6 Å². The number of hydrogen-bond donors (Lipinski definition) is 0. The molecule has 1 aliphatic carbocycles. The Labute approximate surface area is 158 Å². The third kappa shape index (κ3) is 2.80. The summed E-state index contributed by atoms with van der Waals surface area (Å²) in [6, 6.07) is 3.73. The number of nitrogens with zero attached hydrogens (tertiary/aromatic N) is 1. The lowest BCUT2D eigenvalue weighted by Crippen LogP contribution is -2.23. The topological polar surface area (TPSA) is 52.3 Å². The van der Waals surface area contributed by atoms with Crippen LogP contribution in [0.1, 0.15) is 46.9 Å². The van der Waals surface area contributed by atoms with Gasteiger partial charge in [0.05, 0.1) is 11.6 Å². The molecular formula is C17H15BrClNO3S. The molecule has 0 N–H and O–H groups in total. The highest BCUT2D eigenvalue weighted by Gasteiger charge is 2.52. The van der Waals surface area contributed by atoms with Crippen LogP contribution in [0.2, 0.25) is 5.02 Å². The lowest BCUT2D eigenvalue weighted by atomic mass is 9.87. The van der Waals surface area contributed by atoms with Crippen LogP contribution in [0, 0.1) is 6.92 Å². The van der Waals surface area contributed by atoms with Gasteiger partial charge in [-0.2, -0.15) is 0 Å². The van der Waals surface area contributed by atoms with Crippen LogP contribution in [-0.2, 0) is 10.2 Å². The first kappa shape index (κ1) is 17.6. The van der Waals surface area contributed by atoms with Gasteiger partial charge in [-0.3, -0.25) is 0 Å². The number of halogens is 2. The first-order valence-corrected chi connectivity index (χ1v) is 9.11. The predicted molar refractivity (Wildman–Crippen MR) is 99.0 cm³/mol. The number of carbonyl (C=O) groups is 1. The molecule has 1 saturated carbocycles. The van der Waals surface area contributed by atoms with Crippen molar-refractivity contribution in [1.82, 2.24) is 5.16 Å². The highest BCUT2D eigenvalue weighted by atomic mass is 79.9. The minimum atomic E-state index is -0.482. The summed E-state index contributed by atoms with van der Waals surface area (Å²) in [4.78, 5) is 12.9. The van der Waals surface area contributed by atoms with Gasteiger partial charge in [-0.25, -0.2) is 4.79 Å². The zero-order valence-corrected chi connectivity index (χ0v) is 16.3. The number of rotatable bonds is 5. The van der Waals surface area contributed by atoms with Gasteiger partial charge in [-0.05, 0) is 59.8 Å². The minimum Gasteiger partial charge on any atom is -0.461 e. The van der Waals surface area contributed by atoms with Gasteiger partial charge >= 0.3 is 5.97 Å². The molecule has 4 nitrogen and oxygen atoms in total. The van der Waals surface area contributed by atoms with E-state index in [2.05, 4.69) is 21.1 Å². The van der Waals surface area contributed by atoms with Gasteiger partial charge in [-0.15, -0.1) is 0 Å². The normalized spacial score (nSPS) is 15.2. The lowest BCUT2D eigenvalue weighted by Gasteiger charge is -2.19. The number of ether oxygens (including phenoxy) is 1. The molecule has 1 aliphatic rings. The molecule has 0 radical (unpaired) electrons. The quantitative estimate of drug-likeness (QED) is 0.380. The molecule has 1 heterocycles. The summed E-state index contributed by atoms with van der Waals surface area (Å²) in [6.07, 6.45) is 3.20. The first-order chi connectivity index (χ1) is 11.4. The molecule has 1 aromatic carbocycles. The van der Waals surface area contributed by atoms with Crippen LogP contribution in [0.25, 0.3) is 0 Å². The zero-order valence-electron chi connectivity index (χ0n) is 13.2. The van der Waals surface area contributed by atoms with Crippen molar-refractivity contribution in [1.29, 1.82) is 0 Å². The molecule has 0 amide bonds. The summed E-state index contributed by atoms with van der Waals surface area (Å²) in [6.45, 7) is 4.00. The van der Waals surface area contributed by atoms with Gasteiger partial charge in [0.15, 0.2) is 5.69 Å². The summed E-state index contributed by atoms with van der Waals surface area (Å²) in [5, 5.41) is 4.47. The van der Waals surface area contributed by atoms with Crippen LogP contribution < -0.4 is 0 Å². The van der Waals surface area contributed by atoms with E-state index in [-0.39, 0.29) is 12.3 Å². The summed E-state index contributed by atoms with van der Waals surface area (Å²) in [5.74, 6) is -0.482. The Morgan fingerprint density at radius 3 is 2.83 bits per heavy atom. The van der Waals surface area contributed by atoms with Crippen LogP contribution in [0.4, 0.5) is 0 Å². The molecular weight excluding hydrogens is 414 g/mol. The number of carbonyl (C=O) groups excluding carboxylic acids is 1. The third-order valence-electron chi connectivity index (χ3n) is 4.32. The van der Waals surface area contributed by atoms with Gasteiger partial charge in [0.2, 0.25) is 0 Å². The summed E-state index contributed by atoms with van der Waals surface area (Å²) < 4.78 is 11.0. The summed E-state index contributed by atoms with van der Waals surface area (Å²) >= 11 is 15.4. The van der Waals surface area contributed by atoms with Crippen molar-refractivity contribution in [3.8, 4) is 0 Å². The van der Waals surface area contributed by atoms with E-state index in [0.717, 1.165) is 33.3 Å². The second-order valence-corrected chi connectivity index (χ2v) is 7.35. The molecule has 0 unspecified atom stereocenters. The van der Waals surface area contributed by atoms with Crippen LogP contribution in [0.5, 0.6) is 0 Å². The zero-order chi connectivity index (χ0) is 17.5. The van der Waals surface area contributed by atoms with Crippen molar-refractivity contribution in [2.24, 2.45) is 0 Å². The van der Waals surface area contributed by atoms with Crippen LogP contribution >= 0.6 is 39.7 Å². The lowest BCUT2D eigenvalue weighted by molar-refractivity contribution is 0.0513. The van der Waals surface area contributed by atoms with Crippen molar-refractivity contribution in [2.45, 2.75) is 32.1 Å². The molecule has 3 rings (SSSR count). The molecule has 7 heteroatoms. The van der Waals surface area contributed by atoms with Crippen LogP contribution in [0.3, 0.4) is 0 Å². The molecule has 1 aromatic heterocycles. The van der Waals surface area contributed by atoms with Gasteiger partial charge in [0.1, 0.15) is 6.26 Å². The molecule has 126 valence electrons. The largest absolute Gasteiger partial charge is 0.461 e. The van der Waals surface area contributed by atoms with E-state index < -0.39 is 11.4 Å². The van der Waals surface area contributed by atoms with E-state index in [4.69, 9.17) is 33.1 Å². The summed E-state index contributed by atoms with van der Waals surface area (Å²) in [7, 11) is 0. The number of esters is 1. The molecule has 0 saturated heterocycles. The van der Waals surface area contributed by atoms with Gasteiger partial charge in [-0.1, -0.05) is 35.0 Å². The van der Waals surface area contributed by atoms with Crippen molar-refractivity contribution < 1.29 is 14.1 Å². The monoisotopic (exact) mass is 427 g/mol. The minimum absolute atomic E-state index is 0.211. The maximum absolute atomic E-state index is 12.1. The van der Waals surface area contributed by atoms with E-state index in [1.165, 1.54) is 6.26 Å². The van der Waals surface area contributed by atoms with E-state index >= 15 is 0 Å². The fourth-order valence-corrected chi connectivity index (χ4v) is 3.91. The number of hydrogen-bond acceptors (Lipinski definition) is 5. The van der Waals surface area contributed by atoms with Gasteiger partial charge in [0.25, 0.3) is 0 Å². The van der Waals surface area contributed by atoms with E-state index in [9.17, 15) is 4.79 Å². The predicted octanol–water partition coefficient (Wildman–Crippen LogP) is 5.03. The van der Waals surface area contributed by atoms with Crippen molar-refractivity contribution >= 4 is 50.6 Å². The second-order valence-electron chi connectivity index (χ2n) is 5.74. The Hall–Kier alpha value is -1.24. The third-order valence-corrected chi connectivity index (χ3v) is 6.50. The Kier molecular flexibility index (Phi) is 4.82. The summed E-state index contributed by atoms with van der Waals surface area (Å²) in [5.41, 5.74) is 2.43. The molecule has 0 atom stereocenters. The molecule has 2 aromatic rings. The van der Waals surface area contributed by atoms with Crippen molar-refractivity contribution in [3.63, 3.8) is 0 Å². The maximum Gasteiger partial charge on any atom is 0.360 e. The van der Waals surface area contributed by atoms with Crippen LogP contribution in [0.15, 0.2) is 27.4 Å². The Bertz CT molecular complexity index is 829. The number of benzene rings is 1. The fraction of sp³-hybridized carbons (Fsp3) is 0.353. The second kappa shape index (κ2) is 6.58. The molecule has 1 fully saturated rings. The Balaban J connectivity index is 2.01. The molecule has 0 spiro atoms. The average molecular weight is 429 g/mol. The van der Waals surface area contributed by atoms with E-state index in [1.807, 2.05) is 19.1 Å². The molecule has 0 aliphatic heterocycles. The SMILES string of the molecule is CCOC(=O)c1nocc1C1(C(=S)c2ccc(Cl)c(Br)c2C)CC1. The molecule has 0 bridgehead atoms. The van der Waals surface area contributed by atoms with Gasteiger partial charge < -0.3 is 9.26 Å². The number of aromatic nitrogens is 1. The average Bonchev–Trinajstić information content (AvgIpc) is 3.22. The van der Waals surface area contributed by atoms with Gasteiger partial charge in [0, 0.05) is 20.3 Å². The first-order valence-electron chi connectivity index (χ1n) is 7.53. The van der Waals surface area contributed by atoms with Crippen molar-refractivity contribution in [3.05, 3.63) is 50.3 Å². The smallest absolute Gasteiger partial charge is 0.360 e. The Morgan fingerprint density at radius 2 is 2.21 bits per heavy atom. The maximum atomic E-state index is 12.1. The fourth-order valence-electron chi connectivity index (χ4n) is 2.82. The van der Waals surface area contributed by atoms with Crippen LogP contribution in [-0.4, -0.2) is 22.6 Å². The standard InChI is InChI=1S/C17H15BrClNO3S/c1-3-22-16(21)14-11(8-23-20-14)17(6-7-17)15(24)10-4-5-12(19)13(18)9(10)2/h4-5,8H,3,6-7H2,1-2H3. The molecule has 24 heavy (non-hydrogen) atoms. The number of thiocarbonyl (C=S) groups is 1. The highest BCUT2D eigenvalue weighted by molar-refractivity contribution is 9.10.